The van der Waals surface area contributed by atoms with Gasteiger partial charge < -0.3 is 10.6 Å². The number of hydrogen-bond donors (Lipinski definition) is 2. The van der Waals surface area contributed by atoms with Crippen molar-refractivity contribution in [3.63, 3.8) is 0 Å². The zero-order valence-electron chi connectivity index (χ0n) is 14.3. The molecule has 2 N–H and O–H groups in total. The van der Waals surface area contributed by atoms with Crippen molar-refractivity contribution in [2.24, 2.45) is 0 Å². The molecule has 1 heterocycles. The molecule has 0 saturated carbocycles. The average molecular weight is 356 g/mol. The van der Waals surface area contributed by atoms with Crippen LogP contribution in [0.25, 0.3) is 0 Å². The molecule has 0 radical (unpaired) electrons. The first-order chi connectivity index (χ1) is 13.2. The van der Waals surface area contributed by atoms with Gasteiger partial charge in [0.2, 0.25) is 0 Å². The van der Waals surface area contributed by atoms with Gasteiger partial charge in [0.1, 0.15) is 0 Å². The number of anilines is 1. The van der Waals surface area contributed by atoms with E-state index in [0.29, 0.717) is 28.9 Å². The van der Waals surface area contributed by atoms with Gasteiger partial charge in [0.05, 0.1) is 11.6 Å². The molecule has 132 valence electrons. The molecular weight excluding hydrogens is 340 g/mol. The molecule has 3 aromatic rings. The van der Waals surface area contributed by atoms with E-state index in [4.69, 9.17) is 5.26 Å². The van der Waals surface area contributed by atoms with E-state index in [1.165, 1.54) is 6.07 Å². The lowest BCUT2D eigenvalue weighted by Gasteiger charge is -2.08. The smallest absolute Gasteiger partial charge is 0.255 e. The number of carbonyl (C=O) groups is 2. The molecule has 0 atom stereocenters. The summed E-state index contributed by atoms with van der Waals surface area (Å²) in [5.74, 6) is -0.623. The zero-order chi connectivity index (χ0) is 19.1. The van der Waals surface area contributed by atoms with Gasteiger partial charge >= 0.3 is 0 Å². The summed E-state index contributed by atoms with van der Waals surface area (Å²) in [6.45, 7) is 0.374. The maximum Gasteiger partial charge on any atom is 0.255 e. The Bertz CT molecular complexity index is 1010. The molecule has 0 aliphatic carbocycles. The van der Waals surface area contributed by atoms with E-state index in [9.17, 15) is 9.59 Å². The Morgan fingerprint density at radius 3 is 2.37 bits per heavy atom. The fourth-order valence-corrected chi connectivity index (χ4v) is 2.46. The molecule has 0 aliphatic heterocycles. The number of aromatic nitrogens is 1. The second-order valence-electron chi connectivity index (χ2n) is 5.77. The Balaban J connectivity index is 1.68. The highest BCUT2D eigenvalue weighted by molar-refractivity contribution is 6.06. The molecule has 0 aliphatic rings. The molecule has 6 nitrogen and oxygen atoms in total. The number of hydrogen-bond acceptors (Lipinski definition) is 4. The molecule has 0 spiro atoms. The molecule has 2 amide bonds. The van der Waals surface area contributed by atoms with Crippen LogP contribution in [0, 0.1) is 11.3 Å². The van der Waals surface area contributed by atoms with Crippen LogP contribution in [0.15, 0.2) is 73.1 Å². The number of nitrogens with one attached hydrogen (secondary N) is 2. The van der Waals surface area contributed by atoms with E-state index >= 15 is 0 Å². The fourth-order valence-electron chi connectivity index (χ4n) is 2.46. The van der Waals surface area contributed by atoms with Crippen molar-refractivity contribution in [2.75, 3.05) is 5.32 Å². The predicted octanol–water partition coefficient (Wildman–Crippen LogP) is 3.14. The zero-order valence-corrected chi connectivity index (χ0v) is 14.3. The Hall–Kier alpha value is -3.98. The van der Waals surface area contributed by atoms with Crippen LogP contribution in [0.5, 0.6) is 0 Å². The number of nitriles is 1. The first kappa shape index (κ1) is 17.8. The number of pyridine rings is 1. The minimum atomic E-state index is -0.353. The molecule has 2 aromatic carbocycles. The van der Waals surface area contributed by atoms with Gasteiger partial charge in [0.25, 0.3) is 11.8 Å². The van der Waals surface area contributed by atoms with Gasteiger partial charge in [-0.3, -0.25) is 14.6 Å². The third kappa shape index (κ3) is 4.77. The van der Waals surface area contributed by atoms with Crippen LogP contribution in [0.3, 0.4) is 0 Å². The normalized spacial score (nSPS) is 9.89. The van der Waals surface area contributed by atoms with E-state index in [0.717, 1.165) is 5.56 Å². The Labute approximate surface area is 156 Å². The summed E-state index contributed by atoms with van der Waals surface area (Å²) in [7, 11) is 0. The third-order valence-corrected chi connectivity index (χ3v) is 3.84. The summed E-state index contributed by atoms with van der Waals surface area (Å²) in [6, 6.07) is 18.8. The summed E-state index contributed by atoms with van der Waals surface area (Å²) in [5, 5.41) is 14.5. The van der Waals surface area contributed by atoms with Gasteiger partial charge in [0, 0.05) is 35.8 Å². The van der Waals surface area contributed by atoms with Crippen LogP contribution in [0.1, 0.15) is 31.8 Å². The fraction of sp³-hybridized carbons (Fsp3) is 0.0476. The molecule has 6 heteroatoms. The van der Waals surface area contributed by atoms with Crippen LogP contribution in [-0.4, -0.2) is 16.8 Å². The summed E-state index contributed by atoms with van der Waals surface area (Å²) < 4.78 is 0. The van der Waals surface area contributed by atoms with Gasteiger partial charge in [0.15, 0.2) is 0 Å². The highest BCUT2D eigenvalue weighted by Gasteiger charge is 2.11. The number of amides is 2. The van der Waals surface area contributed by atoms with Crippen LogP contribution < -0.4 is 10.6 Å². The largest absolute Gasteiger partial charge is 0.348 e. The van der Waals surface area contributed by atoms with E-state index in [2.05, 4.69) is 15.6 Å². The topological polar surface area (TPSA) is 94.9 Å². The molecule has 0 unspecified atom stereocenters. The number of carbonyl (C=O) groups excluding carboxylic acids is 2. The maximum atomic E-state index is 12.4. The number of nitrogens with zero attached hydrogens (tertiary/aromatic N) is 2. The lowest BCUT2D eigenvalue weighted by atomic mass is 10.1. The van der Waals surface area contributed by atoms with Gasteiger partial charge in [-0.15, -0.1) is 0 Å². The molecule has 27 heavy (non-hydrogen) atoms. The van der Waals surface area contributed by atoms with Crippen LogP contribution in [0.4, 0.5) is 5.69 Å². The third-order valence-electron chi connectivity index (χ3n) is 3.84. The van der Waals surface area contributed by atoms with Crippen molar-refractivity contribution in [3.05, 3.63) is 95.3 Å². The SMILES string of the molecule is N#Cc1cccc(NC(=O)c2cccc(C(=O)NCc3ccncc3)c2)c1. The van der Waals surface area contributed by atoms with E-state index in [1.54, 1.807) is 54.9 Å². The predicted molar refractivity (Wildman–Crippen MR) is 101 cm³/mol. The summed E-state index contributed by atoms with van der Waals surface area (Å²) in [4.78, 5) is 28.7. The molecule has 1 aromatic heterocycles. The molecule has 0 fully saturated rings. The van der Waals surface area contributed by atoms with Crippen molar-refractivity contribution in [3.8, 4) is 6.07 Å². The molecular formula is C21H16N4O2. The van der Waals surface area contributed by atoms with Crippen LogP contribution >= 0.6 is 0 Å². The van der Waals surface area contributed by atoms with Gasteiger partial charge in [-0.2, -0.15) is 5.26 Å². The lowest BCUT2D eigenvalue weighted by Crippen LogP contribution is -2.23. The Kier molecular flexibility index (Phi) is 5.55. The second kappa shape index (κ2) is 8.41. The van der Waals surface area contributed by atoms with E-state index in [1.807, 2.05) is 18.2 Å². The molecule has 3 rings (SSSR count). The first-order valence-corrected chi connectivity index (χ1v) is 8.24. The Morgan fingerprint density at radius 1 is 0.926 bits per heavy atom. The van der Waals surface area contributed by atoms with E-state index in [-0.39, 0.29) is 11.8 Å². The van der Waals surface area contributed by atoms with Crippen molar-refractivity contribution in [1.29, 1.82) is 5.26 Å². The lowest BCUT2D eigenvalue weighted by molar-refractivity contribution is 0.0951. The van der Waals surface area contributed by atoms with Crippen molar-refractivity contribution >= 4 is 17.5 Å². The number of benzene rings is 2. The first-order valence-electron chi connectivity index (χ1n) is 8.24. The highest BCUT2D eigenvalue weighted by Crippen LogP contribution is 2.13. The van der Waals surface area contributed by atoms with Crippen molar-refractivity contribution in [2.45, 2.75) is 6.54 Å². The van der Waals surface area contributed by atoms with Crippen LogP contribution in [0.2, 0.25) is 0 Å². The standard InChI is InChI=1S/C21H16N4O2/c22-13-16-3-1-6-19(11-16)25-21(27)18-5-2-4-17(12-18)20(26)24-14-15-7-9-23-10-8-15/h1-12H,14H2,(H,24,26)(H,25,27). The maximum absolute atomic E-state index is 12.4. The van der Waals surface area contributed by atoms with Gasteiger partial charge in [-0.05, 0) is 54.1 Å². The Morgan fingerprint density at radius 2 is 1.63 bits per heavy atom. The number of rotatable bonds is 5. The monoisotopic (exact) mass is 356 g/mol. The average Bonchev–Trinajstić information content (AvgIpc) is 2.73. The summed E-state index contributed by atoms with van der Waals surface area (Å²) in [6.07, 6.45) is 3.32. The molecule has 0 bridgehead atoms. The summed E-state index contributed by atoms with van der Waals surface area (Å²) >= 11 is 0. The highest BCUT2D eigenvalue weighted by atomic mass is 16.2. The van der Waals surface area contributed by atoms with Gasteiger partial charge in [-0.1, -0.05) is 12.1 Å². The minimum absolute atomic E-state index is 0.270. The second-order valence-corrected chi connectivity index (χ2v) is 5.77. The quantitative estimate of drug-likeness (QED) is 0.734. The summed E-state index contributed by atoms with van der Waals surface area (Å²) in [5.41, 5.74) is 2.66. The van der Waals surface area contributed by atoms with Crippen LogP contribution in [-0.2, 0) is 6.54 Å². The van der Waals surface area contributed by atoms with Crippen molar-refractivity contribution in [1.82, 2.24) is 10.3 Å². The van der Waals surface area contributed by atoms with Gasteiger partial charge in [-0.25, -0.2) is 0 Å². The minimum Gasteiger partial charge on any atom is -0.348 e. The van der Waals surface area contributed by atoms with Crippen molar-refractivity contribution < 1.29 is 9.59 Å². The molecule has 0 saturated heterocycles. The van der Waals surface area contributed by atoms with E-state index < -0.39 is 0 Å².